The normalized spacial score (nSPS) is 24.1. The standard InChI is InChI=1S/C10H20N2O/c1-10(2,3)12-9(13)8-6-4-5-7-11-8/h8,11H,4-7H2,1-3H3,(H,12,13)/t8-/m1/s1. The highest BCUT2D eigenvalue weighted by molar-refractivity contribution is 5.82. The highest BCUT2D eigenvalue weighted by atomic mass is 16.2. The van der Waals surface area contributed by atoms with E-state index in [9.17, 15) is 4.79 Å². The highest BCUT2D eigenvalue weighted by Crippen LogP contribution is 2.08. The Morgan fingerprint density at radius 3 is 2.54 bits per heavy atom. The first-order valence-electron chi connectivity index (χ1n) is 5.04. The molecule has 0 aromatic carbocycles. The van der Waals surface area contributed by atoms with Crippen molar-refractivity contribution in [3.05, 3.63) is 0 Å². The van der Waals surface area contributed by atoms with Crippen LogP contribution in [0.25, 0.3) is 0 Å². The molecule has 1 rings (SSSR count). The summed E-state index contributed by atoms with van der Waals surface area (Å²) in [4.78, 5) is 11.6. The van der Waals surface area contributed by atoms with Crippen LogP contribution in [0.2, 0.25) is 0 Å². The summed E-state index contributed by atoms with van der Waals surface area (Å²) in [5, 5.41) is 6.22. The number of carbonyl (C=O) groups is 1. The maximum Gasteiger partial charge on any atom is 0.237 e. The van der Waals surface area contributed by atoms with Crippen LogP contribution in [0.3, 0.4) is 0 Å². The third-order valence-corrected chi connectivity index (χ3v) is 2.13. The van der Waals surface area contributed by atoms with Crippen molar-refractivity contribution in [2.75, 3.05) is 6.54 Å². The minimum atomic E-state index is -0.115. The third-order valence-electron chi connectivity index (χ3n) is 2.13. The van der Waals surface area contributed by atoms with E-state index in [2.05, 4.69) is 10.6 Å². The van der Waals surface area contributed by atoms with E-state index in [0.29, 0.717) is 0 Å². The molecule has 0 unspecified atom stereocenters. The van der Waals surface area contributed by atoms with Crippen LogP contribution in [0.15, 0.2) is 0 Å². The maximum absolute atomic E-state index is 11.6. The monoisotopic (exact) mass is 184 g/mol. The molecule has 1 atom stereocenters. The fourth-order valence-corrected chi connectivity index (χ4v) is 1.53. The number of hydrogen-bond donors (Lipinski definition) is 2. The van der Waals surface area contributed by atoms with E-state index in [1.165, 1.54) is 6.42 Å². The van der Waals surface area contributed by atoms with Crippen molar-refractivity contribution >= 4 is 5.91 Å². The summed E-state index contributed by atoms with van der Waals surface area (Å²) < 4.78 is 0. The Morgan fingerprint density at radius 2 is 2.08 bits per heavy atom. The average Bonchev–Trinajstić information content (AvgIpc) is 2.03. The molecule has 1 amide bonds. The molecule has 0 aromatic heterocycles. The van der Waals surface area contributed by atoms with E-state index in [4.69, 9.17) is 0 Å². The Hall–Kier alpha value is -0.570. The van der Waals surface area contributed by atoms with E-state index < -0.39 is 0 Å². The molecule has 76 valence electrons. The maximum atomic E-state index is 11.6. The van der Waals surface area contributed by atoms with E-state index in [1.54, 1.807) is 0 Å². The van der Waals surface area contributed by atoms with Gasteiger partial charge < -0.3 is 10.6 Å². The van der Waals surface area contributed by atoms with Gasteiger partial charge in [0.25, 0.3) is 0 Å². The molecule has 0 aromatic rings. The summed E-state index contributed by atoms with van der Waals surface area (Å²) in [5.74, 6) is 0.146. The van der Waals surface area contributed by atoms with Gasteiger partial charge in [0.2, 0.25) is 5.91 Å². The second kappa shape index (κ2) is 4.09. The van der Waals surface area contributed by atoms with Crippen molar-refractivity contribution in [1.29, 1.82) is 0 Å². The Balaban J connectivity index is 2.38. The number of carbonyl (C=O) groups excluding carboxylic acids is 1. The predicted molar refractivity (Wildman–Crippen MR) is 53.5 cm³/mol. The van der Waals surface area contributed by atoms with E-state index in [0.717, 1.165) is 19.4 Å². The lowest BCUT2D eigenvalue weighted by Crippen LogP contribution is -2.52. The molecule has 1 aliphatic heterocycles. The molecule has 0 spiro atoms. The molecule has 1 aliphatic rings. The molecule has 2 N–H and O–H groups in total. The smallest absolute Gasteiger partial charge is 0.237 e. The van der Waals surface area contributed by atoms with E-state index in [-0.39, 0.29) is 17.5 Å². The average molecular weight is 184 g/mol. The minimum absolute atomic E-state index is 0.0352. The lowest BCUT2D eigenvalue weighted by Gasteiger charge is -2.27. The molecule has 3 nitrogen and oxygen atoms in total. The van der Waals surface area contributed by atoms with Gasteiger partial charge in [-0.3, -0.25) is 4.79 Å². The number of nitrogens with one attached hydrogen (secondary N) is 2. The molecule has 1 heterocycles. The Labute approximate surface area is 80.3 Å². The third kappa shape index (κ3) is 3.77. The Bertz CT molecular complexity index is 178. The molecule has 0 aliphatic carbocycles. The largest absolute Gasteiger partial charge is 0.350 e. The van der Waals surface area contributed by atoms with Gasteiger partial charge in [-0.2, -0.15) is 0 Å². The lowest BCUT2D eigenvalue weighted by atomic mass is 10.0. The first kappa shape index (κ1) is 10.5. The fourth-order valence-electron chi connectivity index (χ4n) is 1.53. The van der Waals surface area contributed by atoms with Crippen LogP contribution >= 0.6 is 0 Å². The molecule has 0 radical (unpaired) electrons. The molecule has 13 heavy (non-hydrogen) atoms. The summed E-state index contributed by atoms with van der Waals surface area (Å²) in [6, 6.07) is 0.0352. The molecular weight excluding hydrogens is 164 g/mol. The number of amides is 1. The van der Waals surface area contributed by atoms with Gasteiger partial charge in [-0.05, 0) is 40.2 Å². The van der Waals surface area contributed by atoms with Gasteiger partial charge in [0.15, 0.2) is 0 Å². The quantitative estimate of drug-likeness (QED) is 0.639. The molecule has 3 heteroatoms. The van der Waals surface area contributed by atoms with Crippen LogP contribution in [0.5, 0.6) is 0 Å². The first-order chi connectivity index (χ1) is 5.99. The van der Waals surface area contributed by atoms with Gasteiger partial charge in [0.05, 0.1) is 6.04 Å². The van der Waals surface area contributed by atoms with Crippen molar-refractivity contribution in [3.8, 4) is 0 Å². The Kier molecular flexibility index (Phi) is 3.31. The van der Waals surface area contributed by atoms with Crippen LogP contribution in [0, 0.1) is 0 Å². The molecule has 0 bridgehead atoms. The summed E-state index contributed by atoms with van der Waals surface area (Å²) in [6.07, 6.45) is 3.33. The van der Waals surface area contributed by atoms with Crippen LogP contribution in [-0.2, 0) is 4.79 Å². The highest BCUT2D eigenvalue weighted by Gasteiger charge is 2.23. The number of hydrogen-bond acceptors (Lipinski definition) is 2. The van der Waals surface area contributed by atoms with Crippen molar-refractivity contribution in [1.82, 2.24) is 10.6 Å². The van der Waals surface area contributed by atoms with Gasteiger partial charge in [-0.1, -0.05) is 6.42 Å². The van der Waals surface area contributed by atoms with Crippen LogP contribution in [0.4, 0.5) is 0 Å². The lowest BCUT2D eigenvalue weighted by molar-refractivity contribution is -0.125. The first-order valence-corrected chi connectivity index (χ1v) is 5.04. The summed E-state index contributed by atoms with van der Waals surface area (Å²) in [6.45, 7) is 7.00. The van der Waals surface area contributed by atoms with Crippen LogP contribution < -0.4 is 10.6 Å². The zero-order valence-corrected chi connectivity index (χ0v) is 8.81. The van der Waals surface area contributed by atoms with Gasteiger partial charge in [-0.25, -0.2) is 0 Å². The fraction of sp³-hybridized carbons (Fsp3) is 0.900. The molecule has 0 saturated carbocycles. The zero-order chi connectivity index (χ0) is 9.90. The molecule has 1 fully saturated rings. The molecule has 1 saturated heterocycles. The van der Waals surface area contributed by atoms with Crippen molar-refractivity contribution < 1.29 is 4.79 Å². The topological polar surface area (TPSA) is 41.1 Å². The van der Waals surface area contributed by atoms with Crippen LogP contribution in [0.1, 0.15) is 40.0 Å². The SMILES string of the molecule is CC(C)(C)NC(=O)[C@H]1CCCCN1. The van der Waals surface area contributed by atoms with Crippen molar-refractivity contribution in [2.45, 2.75) is 51.6 Å². The van der Waals surface area contributed by atoms with E-state index in [1.807, 2.05) is 20.8 Å². The van der Waals surface area contributed by atoms with Gasteiger partial charge in [0, 0.05) is 5.54 Å². The van der Waals surface area contributed by atoms with Crippen LogP contribution in [-0.4, -0.2) is 24.0 Å². The van der Waals surface area contributed by atoms with E-state index >= 15 is 0 Å². The summed E-state index contributed by atoms with van der Waals surface area (Å²) >= 11 is 0. The second-order valence-corrected chi connectivity index (χ2v) is 4.74. The Morgan fingerprint density at radius 1 is 1.38 bits per heavy atom. The van der Waals surface area contributed by atoms with Crippen molar-refractivity contribution in [3.63, 3.8) is 0 Å². The second-order valence-electron chi connectivity index (χ2n) is 4.74. The summed E-state index contributed by atoms with van der Waals surface area (Å²) in [5.41, 5.74) is -0.115. The zero-order valence-electron chi connectivity index (χ0n) is 8.81. The van der Waals surface area contributed by atoms with Gasteiger partial charge in [0.1, 0.15) is 0 Å². The number of rotatable bonds is 1. The number of piperidine rings is 1. The molecular formula is C10H20N2O. The predicted octanol–water partition coefficient (Wildman–Crippen LogP) is 1.04. The van der Waals surface area contributed by atoms with Gasteiger partial charge in [-0.15, -0.1) is 0 Å². The minimum Gasteiger partial charge on any atom is -0.350 e. The summed E-state index contributed by atoms with van der Waals surface area (Å²) in [7, 11) is 0. The van der Waals surface area contributed by atoms with Crippen molar-refractivity contribution in [2.24, 2.45) is 0 Å². The van der Waals surface area contributed by atoms with Gasteiger partial charge >= 0.3 is 0 Å².